The maximum Gasteiger partial charge on any atom is 0.434 e. The summed E-state index contributed by atoms with van der Waals surface area (Å²) >= 11 is 0. The molecule has 0 aliphatic carbocycles. The van der Waals surface area contributed by atoms with Crippen LogP contribution in [-0.4, -0.2) is 57.0 Å². The zero-order valence-corrected chi connectivity index (χ0v) is 27.6. The van der Waals surface area contributed by atoms with Gasteiger partial charge >= 0.3 is 24.4 Å². The maximum absolute atomic E-state index is 14.2. The minimum atomic E-state index is -5.05. The summed E-state index contributed by atoms with van der Waals surface area (Å²) in [6.45, 7) is 7.36. The van der Waals surface area contributed by atoms with Crippen LogP contribution in [0.15, 0.2) is 66.9 Å². The second kappa shape index (κ2) is 14.0. The summed E-state index contributed by atoms with van der Waals surface area (Å²) in [5.74, 6) is -2.16. The number of aromatic nitrogens is 3. The van der Waals surface area contributed by atoms with Gasteiger partial charge in [0.05, 0.1) is 24.1 Å². The Bertz CT molecular complexity index is 1850. The topological polar surface area (TPSA) is 95.8 Å². The van der Waals surface area contributed by atoms with Crippen molar-refractivity contribution < 1.29 is 50.1 Å². The summed E-state index contributed by atoms with van der Waals surface area (Å²) in [4.78, 5) is 30.5. The summed E-state index contributed by atoms with van der Waals surface area (Å²) in [5.41, 5.74) is -2.76. The van der Waals surface area contributed by atoms with Crippen molar-refractivity contribution in [1.82, 2.24) is 19.7 Å². The maximum atomic E-state index is 14.2. The fourth-order valence-electron chi connectivity index (χ4n) is 5.53. The molecule has 1 saturated heterocycles. The summed E-state index contributed by atoms with van der Waals surface area (Å²) < 4.78 is 101. The smallest absolute Gasteiger partial charge is 0.434 e. The average molecular weight is 705 g/mol. The van der Waals surface area contributed by atoms with Crippen LogP contribution < -0.4 is 4.74 Å². The first kappa shape index (κ1) is 36.2. The molecule has 1 amide bonds. The molecule has 0 radical (unpaired) electrons. The Kier molecular flexibility index (Phi) is 10.2. The van der Waals surface area contributed by atoms with Gasteiger partial charge in [0.15, 0.2) is 11.5 Å². The fourth-order valence-corrected chi connectivity index (χ4v) is 5.53. The lowest BCUT2D eigenvalue weighted by Crippen LogP contribution is -2.35. The van der Waals surface area contributed by atoms with Crippen LogP contribution in [0.4, 0.5) is 31.1 Å². The number of hydrogen-bond donors (Lipinski definition) is 0. The van der Waals surface area contributed by atoms with Crippen LogP contribution in [0.2, 0.25) is 0 Å². The van der Waals surface area contributed by atoms with Crippen LogP contribution in [0.5, 0.6) is 5.75 Å². The van der Waals surface area contributed by atoms with Crippen molar-refractivity contribution in [1.29, 1.82) is 0 Å². The first-order valence-electron chi connectivity index (χ1n) is 15.7. The molecule has 1 atom stereocenters. The third-order valence-corrected chi connectivity index (χ3v) is 7.76. The van der Waals surface area contributed by atoms with E-state index in [1.807, 2.05) is 12.1 Å². The number of nitrogens with zero attached hydrogens (tertiary/aromatic N) is 4. The van der Waals surface area contributed by atoms with E-state index in [2.05, 4.69) is 10.1 Å². The highest BCUT2D eigenvalue weighted by Gasteiger charge is 2.42. The minimum Gasteiger partial charge on any atom is -0.488 e. The van der Waals surface area contributed by atoms with Gasteiger partial charge in [-0.1, -0.05) is 36.4 Å². The molecule has 9 nitrogen and oxygen atoms in total. The van der Waals surface area contributed by atoms with Crippen LogP contribution in [0.3, 0.4) is 0 Å². The average Bonchev–Trinajstić information content (AvgIpc) is 3.72. The lowest BCUT2D eigenvalue weighted by molar-refractivity contribution is -0.143. The summed E-state index contributed by atoms with van der Waals surface area (Å²) in [6, 6.07) is 14.2. The Morgan fingerprint density at radius 3 is 2.26 bits per heavy atom. The molecule has 2 aromatic carbocycles. The third-order valence-electron chi connectivity index (χ3n) is 7.76. The molecule has 0 N–H and O–H groups in total. The highest BCUT2D eigenvalue weighted by Crippen LogP contribution is 2.42. The number of carbonyl (C=O) groups is 2. The molecule has 1 aliphatic rings. The van der Waals surface area contributed by atoms with Gasteiger partial charge < -0.3 is 19.1 Å². The van der Waals surface area contributed by atoms with Crippen molar-refractivity contribution in [2.24, 2.45) is 0 Å². The number of carbonyl (C=O) groups excluding carboxylic acids is 2. The molecule has 0 unspecified atom stereocenters. The van der Waals surface area contributed by atoms with Gasteiger partial charge in [-0.15, -0.1) is 0 Å². The Morgan fingerprint density at radius 1 is 0.920 bits per heavy atom. The minimum absolute atomic E-state index is 0.0504. The van der Waals surface area contributed by atoms with Crippen molar-refractivity contribution in [3.63, 3.8) is 0 Å². The largest absolute Gasteiger partial charge is 0.488 e. The predicted octanol–water partition coefficient (Wildman–Crippen LogP) is 8.45. The molecule has 4 aromatic rings. The Balaban J connectivity index is 1.41. The van der Waals surface area contributed by atoms with Gasteiger partial charge in [-0.25, -0.2) is 19.3 Å². The number of benzene rings is 2. The van der Waals surface area contributed by atoms with Gasteiger partial charge in [0.1, 0.15) is 23.5 Å². The monoisotopic (exact) mass is 704 g/mol. The highest BCUT2D eigenvalue weighted by atomic mass is 19.4. The second-order valence-corrected chi connectivity index (χ2v) is 12.5. The number of hydrogen-bond acceptors (Lipinski definition) is 7. The number of pyridine rings is 1. The molecule has 266 valence electrons. The summed E-state index contributed by atoms with van der Waals surface area (Å²) in [6.07, 6.45) is -8.86. The van der Waals surface area contributed by atoms with Crippen LogP contribution >= 0.6 is 0 Å². The number of esters is 1. The Labute approximate surface area is 283 Å². The Morgan fingerprint density at radius 2 is 1.62 bits per heavy atom. The number of halogens is 6. The molecule has 2 aromatic heterocycles. The van der Waals surface area contributed by atoms with E-state index in [0.29, 0.717) is 29.5 Å². The molecule has 1 aliphatic heterocycles. The van der Waals surface area contributed by atoms with Gasteiger partial charge in [-0.3, -0.25) is 0 Å². The molecule has 5 rings (SSSR count). The van der Waals surface area contributed by atoms with E-state index in [-0.39, 0.29) is 30.4 Å². The molecule has 0 bridgehead atoms. The van der Waals surface area contributed by atoms with Crippen LogP contribution in [0.1, 0.15) is 72.8 Å². The SMILES string of the molecule is CCOC(=O)c1cnn(-c2cccc(-c3cccc(C(F)(F)F)c3OCc3ccc([C@@H]4CCN(C(=O)OC(C)(C)C)C4)cc3)n2)c1C(F)(F)F. The molecule has 1 fully saturated rings. The molecular weight excluding hydrogens is 670 g/mol. The van der Waals surface area contributed by atoms with Crippen LogP contribution in [-0.2, 0) is 28.4 Å². The van der Waals surface area contributed by atoms with Crippen LogP contribution in [0, 0.1) is 0 Å². The second-order valence-electron chi connectivity index (χ2n) is 12.5. The van der Waals surface area contributed by atoms with Crippen molar-refractivity contribution in [2.45, 2.75) is 64.6 Å². The summed E-state index contributed by atoms with van der Waals surface area (Å²) in [5, 5.41) is 3.70. The standard InChI is InChI=1S/C35H34F6N4O5/c1-5-48-31(46)25-18-42-45(30(25)35(39,40)41)28-11-7-10-27(43-28)24-8-6-9-26(34(36,37)38)29(24)49-20-21-12-14-22(15-13-21)23-16-17-44(19-23)32(47)50-33(2,3)4/h6-15,18,23H,5,16-17,19-20H2,1-4H3/t23-/m1/s1. The van der Waals surface area contributed by atoms with Gasteiger partial charge in [0.25, 0.3) is 0 Å². The third kappa shape index (κ3) is 8.20. The zero-order chi connectivity index (χ0) is 36.4. The molecular formula is C35H34F6N4O5. The van der Waals surface area contributed by atoms with E-state index in [1.165, 1.54) is 31.2 Å². The van der Waals surface area contributed by atoms with E-state index in [4.69, 9.17) is 14.2 Å². The van der Waals surface area contributed by atoms with Gasteiger partial charge in [0, 0.05) is 24.6 Å². The van der Waals surface area contributed by atoms with Crippen molar-refractivity contribution in [3.05, 3.63) is 94.8 Å². The molecule has 50 heavy (non-hydrogen) atoms. The first-order chi connectivity index (χ1) is 23.5. The van der Waals surface area contributed by atoms with E-state index in [1.54, 1.807) is 37.8 Å². The van der Waals surface area contributed by atoms with Crippen molar-refractivity contribution in [3.8, 4) is 22.8 Å². The first-order valence-corrected chi connectivity index (χ1v) is 15.7. The number of likely N-dealkylation sites (tertiary alicyclic amines) is 1. The lowest BCUT2D eigenvalue weighted by Gasteiger charge is -2.24. The number of rotatable bonds is 8. The molecule has 15 heteroatoms. The molecule has 0 saturated carbocycles. The van der Waals surface area contributed by atoms with E-state index in [9.17, 15) is 35.9 Å². The highest BCUT2D eigenvalue weighted by molar-refractivity contribution is 5.90. The fraction of sp³-hybridized carbons (Fsp3) is 0.371. The van der Waals surface area contributed by atoms with E-state index >= 15 is 0 Å². The molecule has 3 heterocycles. The zero-order valence-electron chi connectivity index (χ0n) is 27.6. The normalized spacial score (nSPS) is 15.2. The van der Waals surface area contributed by atoms with E-state index in [0.717, 1.165) is 24.1 Å². The predicted molar refractivity (Wildman–Crippen MR) is 169 cm³/mol. The van der Waals surface area contributed by atoms with Crippen molar-refractivity contribution >= 4 is 12.1 Å². The van der Waals surface area contributed by atoms with Gasteiger partial charge in [-0.05, 0) is 69.5 Å². The molecule has 0 spiro atoms. The van der Waals surface area contributed by atoms with Crippen LogP contribution in [0.25, 0.3) is 17.1 Å². The van der Waals surface area contributed by atoms with Crippen molar-refractivity contribution in [2.75, 3.05) is 19.7 Å². The Hall–Kier alpha value is -5.08. The number of amides is 1. The number of para-hydroxylation sites is 1. The number of alkyl halides is 6. The van der Waals surface area contributed by atoms with Gasteiger partial charge in [-0.2, -0.15) is 31.4 Å². The van der Waals surface area contributed by atoms with Gasteiger partial charge in [0.2, 0.25) is 0 Å². The quantitative estimate of drug-likeness (QED) is 0.134. The number of ether oxygens (including phenoxy) is 3. The lowest BCUT2D eigenvalue weighted by atomic mass is 9.97. The summed E-state index contributed by atoms with van der Waals surface area (Å²) in [7, 11) is 0. The van der Waals surface area contributed by atoms with E-state index < -0.39 is 58.4 Å².